The van der Waals surface area contributed by atoms with Crippen LogP contribution in [0.5, 0.6) is 5.75 Å². The molecule has 1 fully saturated rings. The van der Waals surface area contributed by atoms with Crippen LogP contribution in [0, 0.1) is 11.8 Å². The van der Waals surface area contributed by atoms with Crippen molar-refractivity contribution in [1.29, 1.82) is 0 Å². The van der Waals surface area contributed by atoms with Crippen molar-refractivity contribution >= 4 is 11.6 Å². The molecular formula is C17H26ClNO. The van der Waals surface area contributed by atoms with E-state index in [1.807, 2.05) is 0 Å². The van der Waals surface area contributed by atoms with Gasteiger partial charge >= 0.3 is 0 Å². The zero-order valence-corrected chi connectivity index (χ0v) is 13.4. The number of piperidine rings is 1. The standard InChI is InChI=1S/C17H26ClNO/c1-13(2)3-4-14-7-9-19(10-8-14)12-15-11-16(20)5-6-17(15)18/h5-6,11,13-14,20H,3-4,7-10,12H2,1-2H3. The van der Waals surface area contributed by atoms with Crippen molar-refractivity contribution in [3.05, 3.63) is 28.8 Å². The van der Waals surface area contributed by atoms with Crippen LogP contribution in [0.15, 0.2) is 18.2 Å². The molecule has 2 nitrogen and oxygen atoms in total. The van der Waals surface area contributed by atoms with Crippen LogP contribution in [-0.4, -0.2) is 23.1 Å². The number of aromatic hydroxyl groups is 1. The maximum absolute atomic E-state index is 9.55. The highest BCUT2D eigenvalue weighted by Gasteiger charge is 2.20. The molecule has 3 heteroatoms. The minimum absolute atomic E-state index is 0.302. The summed E-state index contributed by atoms with van der Waals surface area (Å²) in [6, 6.07) is 5.21. The van der Waals surface area contributed by atoms with Crippen molar-refractivity contribution in [3.63, 3.8) is 0 Å². The Morgan fingerprint density at radius 2 is 2.00 bits per heavy atom. The second-order valence-corrected chi connectivity index (χ2v) is 6.87. The summed E-state index contributed by atoms with van der Waals surface area (Å²) in [6.45, 7) is 7.76. The minimum Gasteiger partial charge on any atom is -0.508 e. The number of likely N-dealkylation sites (tertiary alicyclic amines) is 1. The molecule has 0 saturated carbocycles. The molecule has 0 aliphatic carbocycles. The Bertz CT molecular complexity index is 425. The van der Waals surface area contributed by atoms with Gasteiger partial charge in [0, 0.05) is 11.6 Å². The third kappa shape index (κ3) is 4.68. The van der Waals surface area contributed by atoms with Gasteiger partial charge in [-0.05, 0) is 61.5 Å². The molecular weight excluding hydrogens is 270 g/mol. The van der Waals surface area contributed by atoms with E-state index < -0.39 is 0 Å². The van der Waals surface area contributed by atoms with Crippen molar-refractivity contribution in [2.75, 3.05) is 13.1 Å². The Labute approximate surface area is 127 Å². The van der Waals surface area contributed by atoms with Crippen molar-refractivity contribution in [1.82, 2.24) is 4.90 Å². The topological polar surface area (TPSA) is 23.5 Å². The van der Waals surface area contributed by atoms with Crippen LogP contribution < -0.4 is 0 Å². The summed E-state index contributed by atoms with van der Waals surface area (Å²) in [7, 11) is 0. The van der Waals surface area contributed by atoms with Gasteiger partial charge in [0.25, 0.3) is 0 Å². The number of benzene rings is 1. The van der Waals surface area contributed by atoms with E-state index in [0.29, 0.717) is 5.75 Å². The Balaban J connectivity index is 1.81. The molecule has 0 atom stereocenters. The van der Waals surface area contributed by atoms with E-state index in [2.05, 4.69) is 18.7 Å². The van der Waals surface area contributed by atoms with Crippen LogP contribution in [0.4, 0.5) is 0 Å². The first-order chi connectivity index (χ1) is 9.54. The molecule has 1 aromatic carbocycles. The highest BCUT2D eigenvalue weighted by molar-refractivity contribution is 6.31. The first kappa shape index (κ1) is 15.7. The third-order valence-electron chi connectivity index (χ3n) is 4.28. The van der Waals surface area contributed by atoms with Crippen LogP contribution in [0.1, 0.15) is 45.1 Å². The molecule has 0 unspecified atom stereocenters. The average molecular weight is 296 g/mol. The molecule has 2 rings (SSSR count). The van der Waals surface area contributed by atoms with Gasteiger partial charge in [-0.25, -0.2) is 0 Å². The Hall–Kier alpha value is -0.730. The normalized spacial score (nSPS) is 17.8. The highest BCUT2D eigenvalue weighted by Crippen LogP contribution is 2.27. The molecule has 1 N–H and O–H groups in total. The molecule has 1 saturated heterocycles. The predicted octanol–water partition coefficient (Wildman–Crippen LogP) is 4.69. The number of phenolic OH excluding ortho intramolecular Hbond substituents is 1. The first-order valence-electron chi connectivity index (χ1n) is 7.74. The highest BCUT2D eigenvalue weighted by atomic mass is 35.5. The van der Waals surface area contributed by atoms with Gasteiger partial charge in [-0.1, -0.05) is 38.3 Å². The van der Waals surface area contributed by atoms with Crippen molar-refractivity contribution < 1.29 is 5.11 Å². The lowest BCUT2D eigenvalue weighted by Crippen LogP contribution is -2.33. The molecule has 1 aliphatic heterocycles. The molecule has 1 aromatic rings. The minimum atomic E-state index is 0.302. The fraction of sp³-hybridized carbons (Fsp3) is 0.647. The van der Waals surface area contributed by atoms with Crippen molar-refractivity contribution in [3.8, 4) is 5.75 Å². The lowest BCUT2D eigenvalue weighted by atomic mass is 9.89. The maximum atomic E-state index is 9.55. The fourth-order valence-corrected chi connectivity index (χ4v) is 3.10. The van der Waals surface area contributed by atoms with Crippen LogP contribution in [-0.2, 0) is 6.54 Å². The first-order valence-corrected chi connectivity index (χ1v) is 8.12. The molecule has 112 valence electrons. The number of hydrogen-bond donors (Lipinski definition) is 1. The largest absolute Gasteiger partial charge is 0.508 e. The summed E-state index contributed by atoms with van der Waals surface area (Å²) < 4.78 is 0. The molecule has 0 radical (unpaired) electrons. The lowest BCUT2D eigenvalue weighted by Gasteiger charge is -2.32. The van der Waals surface area contributed by atoms with Crippen LogP contribution >= 0.6 is 11.6 Å². The summed E-state index contributed by atoms with van der Waals surface area (Å²) in [5.41, 5.74) is 1.03. The maximum Gasteiger partial charge on any atom is 0.116 e. The molecule has 0 bridgehead atoms. The summed E-state index contributed by atoms with van der Waals surface area (Å²) in [4.78, 5) is 2.45. The zero-order valence-electron chi connectivity index (χ0n) is 12.6. The third-order valence-corrected chi connectivity index (χ3v) is 4.65. The van der Waals surface area contributed by atoms with E-state index in [9.17, 15) is 5.11 Å². The molecule has 0 spiro atoms. The number of hydrogen-bond acceptors (Lipinski definition) is 2. The van der Waals surface area contributed by atoms with Crippen molar-refractivity contribution in [2.45, 2.75) is 46.1 Å². The Kier molecular flexibility index (Phi) is 5.74. The predicted molar refractivity (Wildman–Crippen MR) is 85.2 cm³/mol. The van der Waals surface area contributed by atoms with Gasteiger partial charge in [0.15, 0.2) is 0 Å². The molecule has 20 heavy (non-hydrogen) atoms. The van der Waals surface area contributed by atoms with E-state index in [1.165, 1.54) is 25.7 Å². The van der Waals surface area contributed by atoms with E-state index in [0.717, 1.165) is 42.1 Å². The van der Waals surface area contributed by atoms with E-state index in [1.54, 1.807) is 18.2 Å². The van der Waals surface area contributed by atoms with Crippen LogP contribution in [0.25, 0.3) is 0 Å². The second kappa shape index (κ2) is 7.33. The van der Waals surface area contributed by atoms with Gasteiger partial charge in [-0.2, -0.15) is 0 Å². The molecule has 1 heterocycles. The number of nitrogens with zero attached hydrogens (tertiary/aromatic N) is 1. The summed E-state index contributed by atoms with van der Waals surface area (Å²) in [5, 5.41) is 10.3. The smallest absolute Gasteiger partial charge is 0.116 e. The van der Waals surface area contributed by atoms with E-state index in [-0.39, 0.29) is 0 Å². The van der Waals surface area contributed by atoms with Crippen LogP contribution in [0.2, 0.25) is 5.02 Å². The van der Waals surface area contributed by atoms with Gasteiger partial charge in [-0.3, -0.25) is 4.90 Å². The average Bonchev–Trinajstić information content (AvgIpc) is 2.42. The molecule has 0 amide bonds. The monoisotopic (exact) mass is 295 g/mol. The Morgan fingerprint density at radius 3 is 2.65 bits per heavy atom. The van der Waals surface area contributed by atoms with Gasteiger partial charge < -0.3 is 5.11 Å². The van der Waals surface area contributed by atoms with Gasteiger partial charge in [-0.15, -0.1) is 0 Å². The van der Waals surface area contributed by atoms with Crippen molar-refractivity contribution in [2.24, 2.45) is 11.8 Å². The van der Waals surface area contributed by atoms with Crippen LogP contribution in [0.3, 0.4) is 0 Å². The quantitative estimate of drug-likeness (QED) is 0.851. The zero-order chi connectivity index (χ0) is 14.5. The Morgan fingerprint density at radius 1 is 1.30 bits per heavy atom. The lowest BCUT2D eigenvalue weighted by molar-refractivity contribution is 0.168. The second-order valence-electron chi connectivity index (χ2n) is 6.47. The van der Waals surface area contributed by atoms with E-state index in [4.69, 9.17) is 11.6 Å². The van der Waals surface area contributed by atoms with Gasteiger partial charge in [0.05, 0.1) is 0 Å². The molecule has 0 aromatic heterocycles. The number of phenols is 1. The molecule has 1 aliphatic rings. The fourth-order valence-electron chi connectivity index (χ4n) is 2.93. The van der Waals surface area contributed by atoms with Gasteiger partial charge in [0.2, 0.25) is 0 Å². The summed E-state index contributed by atoms with van der Waals surface area (Å²) in [6.07, 6.45) is 5.31. The number of rotatable bonds is 5. The van der Waals surface area contributed by atoms with Gasteiger partial charge in [0.1, 0.15) is 5.75 Å². The number of halogens is 1. The van der Waals surface area contributed by atoms with E-state index >= 15 is 0 Å². The summed E-state index contributed by atoms with van der Waals surface area (Å²) in [5.74, 6) is 2.02. The SMILES string of the molecule is CC(C)CCC1CCN(Cc2cc(O)ccc2Cl)CC1. The summed E-state index contributed by atoms with van der Waals surface area (Å²) >= 11 is 6.19.